The molecular weight excluding hydrogens is 224 g/mol. The van der Waals surface area contributed by atoms with Crippen LogP contribution in [-0.2, 0) is 4.79 Å². The van der Waals surface area contributed by atoms with Crippen molar-refractivity contribution in [1.29, 1.82) is 0 Å². The zero-order valence-corrected chi connectivity index (χ0v) is 12.4. The SMILES string of the molecule is CCC(C)C(C)NC(=O)C(C)C1CCCC(N)C1. The van der Waals surface area contributed by atoms with Crippen LogP contribution in [0.3, 0.4) is 0 Å². The number of rotatable bonds is 5. The van der Waals surface area contributed by atoms with Gasteiger partial charge < -0.3 is 11.1 Å². The van der Waals surface area contributed by atoms with E-state index in [1.807, 2.05) is 0 Å². The number of nitrogens with one attached hydrogen (secondary N) is 1. The molecule has 5 unspecified atom stereocenters. The number of carbonyl (C=O) groups excluding carboxylic acids is 1. The Morgan fingerprint density at radius 2 is 2.00 bits per heavy atom. The van der Waals surface area contributed by atoms with Crippen LogP contribution in [0.2, 0.25) is 0 Å². The van der Waals surface area contributed by atoms with Crippen molar-refractivity contribution in [2.75, 3.05) is 0 Å². The van der Waals surface area contributed by atoms with E-state index in [-0.39, 0.29) is 17.9 Å². The van der Waals surface area contributed by atoms with Crippen molar-refractivity contribution in [2.45, 2.75) is 71.9 Å². The van der Waals surface area contributed by atoms with Gasteiger partial charge in [-0.15, -0.1) is 0 Å². The maximum Gasteiger partial charge on any atom is 0.223 e. The van der Waals surface area contributed by atoms with Gasteiger partial charge in [0.15, 0.2) is 0 Å². The molecule has 0 bridgehead atoms. The summed E-state index contributed by atoms with van der Waals surface area (Å²) in [6.07, 6.45) is 5.55. The average molecular weight is 254 g/mol. The molecule has 1 rings (SSSR count). The van der Waals surface area contributed by atoms with E-state index < -0.39 is 0 Å². The van der Waals surface area contributed by atoms with E-state index in [1.165, 1.54) is 6.42 Å². The van der Waals surface area contributed by atoms with Crippen LogP contribution in [-0.4, -0.2) is 18.0 Å². The van der Waals surface area contributed by atoms with Crippen molar-refractivity contribution in [3.05, 3.63) is 0 Å². The highest BCUT2D eigenvalue weighted by Crippen LogP contribution is 2.29. The monoisotopic (exact) mass is 254 g/mol. The molecule has 1 amide bonds. The Balaban J connectivity index is 2.45. The summed E-state index contributed by atoms with van der Waals surface area (Å²) in [6, 6.07) is 0.563. The highest BCUT2D eigenvalue weighted by molar-refractivity contribution is 5.78. The summed E-state index contributed by atoms with van der Waals surface area (Å²) in [6.45, 7) is 8.51. The van der Waals surface area contributed by atoms with Crippen LogP contribution < -0.4 is 11.1 Å². The first-order valence-corrected chi connectivity index (χ1v) is 7.51. The first kappa shape index (κ1) is 15.5. The molecule has 0 radical (unpaired) electrons. The summed E-state index contributed by atoms with van der Waals surface area (Å²) in [4.78, 5) is 12.2. The molecule has 0 heterocycles. The molecule has 0 aliphatic heterocycles. The summed E-state index contributed by atoms with van der Waals surface area (Å²) >= 11 is 0. The van der Waals surface area contributed by atoms with Crippen molar-refractivity contribution in [3.8, 4) is 0 Å². The highest BCUT2D eigenvalue weighted by Gasteiger charge is 2.29. The summed E-state index contributed by atoms with van der Waals surface area (Å²) in [7, 11) is 0. The smallest absolute Gasteiger partial charge is 0.223 e. The molecule has 5 atom stereocenters. The van der Waals surface area contributed by atoms with Gasteiger partial charge in [-0.2, -0.15) is 0 Å². The maximum absolute atomic E-state index is 12.2. The summed E-state index contributed by atoms with van der Waals surface area (Å²) in [5.41, 5.74) is 6.00. The van der Waals surface area contributed by atoms with E-state index in [1.54, 1.807) is 0 Å². The van der Waals surface area contributed by atoms with Gasteiger partial charge in [0.25, 0.3) is 0 Å². The van der Waals surface area contributed by atoms with E-state index in [9.17, 15) is 4.79 Å². The van der Waals surface area contributed by atoms with Crippen LogP contribution in [0.1, 0.15) is 59.8 Å². The Morgan fingerprint density at radius 3 is 2.56 bits per heavy atom. The molecule has 0 aromatic heterocycles. The topological polar surface area (TPSA) is 55.1 Å². The van der Waals surface area contributed by atoms with E-state index in [4.69, 9.17) is 5.73 Å². The van der Waals surface area contributed by atoms with Crippen LogP contribution in [0.5, 0.6) is 0 Å². The lowest BCUT2D eigenvalue weighted by Gasteiger charge is -2.31. The molecule has 0 aromatic carbocycles. The van der Waals surface area contributed by atoms with E-state index >= 15 is 0 Å². The molecule has 1 aliphatic carbocycles. The van der Waals surface area contributed by atoms with E-state index in [2.05, 4.69) is 33.0 Å². The fraction of sp³-hybridized carbons (Fsp3) is 0.933. The molecule has 0 aromatic rings. The third-order valence-corrected chi connectivity index (χ3v) is 4.74. The van der Waals surface area contributed by atoms with Gasteiger partial charge in [-0.25, -0.2) is 0 Å². The molecule has 0 spiro atoms. The molecule has 0 saturated heterocycles. The zero-order valence-electron chi connectivity index (χ0n) is 12.4. The Morgan fingerprint density at radius 1 is 1.33 bits per heavy atom. The molecule has 1 aliphatic rings. The van der Waals surface area contributed by atoms with Crippen LogP contribution in [0.15, 0.2) is 0 Å². The lowest BCUT2D eigenvalue weighted by atomic mass is 9.78. The maximum atomic E-state index is 12.2. The van der Waals surface area contributed by atoms with Crippen LogP contribution >= 0.6 is 0 Å². The second-order valence-corrected chi connectivity index (χ2v) is 6.16. The number of nitrogens with two attached hydrogens (primary N) is 1. The van der Waals surface area contributed by atoms with Crippen LogP contribution in [0.4, 0.5) is 0 Å². The molecule has 18 heavy (non-hydrogen) atoms. The first-order valence-electron chi connectivity index (χ1n) is 7.51. The van der Waals surface area contributed by atoms with Gasteiger partial charge in [0, 0.05) is 18.0 Å². The summed E-state index contributed by atoms with van der Waals surface area (Å²) in [5, 5.41) is 3.16. The van der Waals surface area contributed by atoms with E-state index in [0.29, 0.717) is 17.9 Å². The highest BCUT2D eigenvalue weighted by atomic mass is 16.1. The summed E-state index contributed by atoms with van der Waals surface area (Å²) < 4.78 is 0. The largest absolute Gasteiger partial charge is 0.353 e. The summed E-state index contributed by atoms with van der Waals surface area (Å²) in [5.74, 6) is 1.32. The Bertz CT molecular complexity index is 267. The fourth-order valence-corrected chi connectivity index (χ4v) is 2.79. The van der Waals surface area contributed by atoms with Gasteiger partial charge in [-0.3, -0.25) is 4.79 Å². The second kappa shape index (κ2) is 7.13. The predicted octanol–water partition coefficient (Wildman–Crippen LogP) is 2.69. The van der Waals surface area contributed by atoms with Crippen LogP contribution in [0.25, 0.3) is 0 Å². The lowest BCUT2D eigenvalue weighted by Crippen LogP contribution is -2.43. The Kier molecular flexibility index (Phi) is 6.13. The number of amides is 1. The Labute approximate surface area is 112 Å². The fourth-order valence-electron chi connectivity index (χ4n) is 2.79. The number of carbonyl (C=O) groups is 1. The normalized spacial score (nSPS) is 29.4. The molecule has 1 saturated carbocycles. The number of hydrogen-bond acceptors (Lipinski definition) is 2. The molecule has 3 nitrogen and oxygen atoms in total. The molecule has 1 fully saturated rings. The predicted molar refractivity (Wildman–Crippen MR) is 76.2 cm³/mol. The lowest BCUT2D eigenvalue weighted by molar-refractivity contribution is -0.127. The minimum Gasteiger partial charge on any atom is -0.353 e. The molecule has 106 valence electrons. The van der Waals surface area contributed by atoms with Gasteiger partial charge >= 0.3 is 0 Å². The second-order valence-electron chi connectivity index (χ2n) is 6.16. The van der Waals surface area contributed by atoms with E-state index in [0.717, 1.165) is 25.7 Å². The van der Waals surface area contributed by atoms with Gasteiger partial charge in [-0.1, -0.05) is 33.6 Å². The van der Waals surface area contributed by atoms with Crippen molar-refractivity contribution in [2.24, 2.45) is 23.5 Å². The third-order valence-electron chi connectivity index (χ3n) is 4.74. The molecule has 3 N–H and O–H groups in total. The first-order chi connectivity index (χ1) is 8.45. The van der Waals surface area contributed by atoms with Crippen LogP contribution in [0, 0.1) is 17.8 Å². The molecular formula is C15H30N2O. The zero-order chi connectivity index (χ0) is 13.7. The van der Waals surface area contributed by atoms with Gasteiger partial charge in [0.2, 0.25) is 5.91 Å². The third kappa shape index (κ3) is 4.27. The van der Waals surface area contributed by atoms with Crippen molar-refractivity contribution < 1.29 is 4.79 Å². The van der Waals surface area contributed by atoms with Gasteiger partial charge in [0.05, 0.1) is 0 Å². The quantitative estimate of drug-likeness (QED) is 0.792. The van der Waals surface area contributed by atoms with Crippen molar-refractivity contribution in [1.82, 2.24) is 5.32 Å². The molecule has 3 heteroatoms. The number of hydrogen-bond donors (Lipinski definition) is 2. The van der Waals surface area contributed by atoms with Crippen molar-refractivity contribution in [3.63, 3.8) is 0 Å². The average Bonchev–Trinajstić information content (AvgIpc) is 2.36. The minimum atomic E-state index is 0.0999. The van der Waals surface area contributed by atoms with Crippen molar-refractivity contribution >= 4 is 5.91 Å². The minimum absolute atomic E-state index is 0.0999. The Hall–Kier alpha value is -0.570. The van der Waals surface area contributed by atoms with Gasteiger partial charge in [0.1, 0.15) is 0 Å². The van der Waals surface area contributed by atoms with Gasteiger partial charge in [-0.05, 0) is 38.0 Å². The standard InChI is InChI=1S/C15H30N2O/c1-5-10(2)12(4)17-15(18)11(3)13-7-6-8-14(16)9-13/h10-14H,5-9,16H2,1-4H3,(H,17,18).